The lowest BCUT2D eigenvalue weighted by Gasteiger charge is -2.23. The van der Waals surface area contributed by atoms with Gasteiger partial charge in [-0.15, -0.1) is 0 Å². The summed E-state index contributed by atoms with van der Waals surface area (Å²) in [5, 5.41) is 3.47. The number of hydrogen-bond donors (Lipinski definition) is 1. The second-order valence-corrected chi connectivity index (χ2v) is 8.17. The third kappa shape index (κ3) is 5.62. The number of carbonyl (C=O) groups excluding carboxylic acids is 2. The number of anilines is 2. The van der Waals surface area contributed by atoms with Gasteiger partial charge in [0.1, 0.15) is 11.6 Å². The molecule has 2 aromatic carbocycles. The molecule has 3 aromatic rings. The molecule has 0 unspecified atom stereocenters. The Morgan fingerprint density at radius 3 is 2.52 bits per heavy atom. The number of methoxy groups -OCH3 is 1. The molecule has 170 valence electrons. The van der Waals surface area contributed by atoms with Gasteiger partial charge in [0, 0.05) is 42.3 Å². The lowest BCUT2D eigenvalue weighted by atomic mass is 10.2. The topological polar surface area (TPSA) is 74.8 Å². The summed E-state index contributed by atoms with van der Waals surface area (Å²) in [6.45, 7) is 2.78. The van der Waals surface area contributed by atoms with Crippen LogP contribution in [0.3, 0.4) is 0 Å². The van der Waals surface area contributed by atoms with E-state index < -0.39 is 0 Å². The lowest BCUT2D eigenvalue weighted by Crippen LogP contribution is -2.35. The van der Waals surface area contributed by atoms with Crippen molar-refractivity contribution >= 4 is 34.9 Å². The fourth-order valence-electron chi connectivity index (χ4n) is 3.74. The molecule has 0 spiro atoms. The molecule has 1 aliphatic rings. The normalized spacial score (nSPS) is 13.9. The molecule has 1 saturated heterocycles. The van der Waals surface area contributed by atoms with E-state index in [0.29, 0.717) is 47.2 Å². The van der Waals surface area contributed by atoms with Crippen molar-refractivity contribution in [3.05, 3.63) is 83.0 Å². The first kappa shape index (κ1) is 22.6. The fraction of sp³-hybridized carbons (Fsp3) is 0.240. The van der Waals surface area contributed by atoms with E-state index in [4.69, 9.17) is 16.3 Å². The number of amides is 2. The molecule has 33 heavy (non-hydrogen) atoms. The van der Waals surface area contributed by atoms with Gasteiger partial charge in [0.05, 0.1) is 19.0 Å². The minimum Gasteiger partial charge on any atom is -0.497 e. The highest BCUT2D eigenvalue weighted by molar-refractivity contribution is 6.30. The van der Waals surface area contributed by atoms with Crippen LogP contribution in [0.2, 0.25) is 5.02 Å². The zero-order valence-corrected chi connectivity index (χ0v) is 19.1. The minimum atomic E-state index is -0.227. The Labute approximate surface area is 197 Å². The second-order valence-electron chi connectivity index (χ2n) is 7.73. The van der Waals surface area contributed by atoms with Gasteiger partial charge in [-0.3, -0.25) is 9.59 Å². The number of carbonyl (C=O) groups is 2. The number of aromatic nitrogens is 1. The Morgan fingerprint density at radius 2 is 1.79 bits per heavy atom. The molecular formula is C25H25ClN4O3. The van der Waals surface area contributed by atoms with Crippen LogP contribution in [0.1, 0.15) is 27.1 Å². The Morgan fingerprint density at radius 1 is 0.970 bits per heavy atom. The van der Waals surface area contributed by atoms with Crippen LogP contribution in [0, 0.1) is 0 Å². The average molecular weight is 465 g/mol. The molecule has 7 nitrogen and oxygen atoms in total. The van der Waals surface area contributed by atoms with E-state index in [-0.39, 0.29) is 11.8 Å². The highest BCUT2D eigenvalue weighted by Crippen LogP contribution is 2.19. The van der Waals surface area contributed by atoms with Gasteiger partial charge in [-0.05, 0) is 61.0 Å². The molecule has 1 N–H and O–H groups in total. The van der Waals surface area contributed by atoms with E-state index in [2.05, 4.69) is 15.2 Å². The molecule has 0 saturated carbocycles. The maximum atomic E-state index is 12.8. The highest BCUT2D eigenvalue weighted by Gasteiger charge is 2.21. The second kappa shape index (κ2) is 10.4. The maximum absolute atomic E-state index is 12.8. The molecule has 0 radical (unpaired) electrons. The molecule has 8 heteroatoms. The molecule has 0 bridgehead atoms. The van der Waals surface area contributed by atoms with E-state index in [9.17, 15) is 9.59 Å². The van der Waals surface area contributed by atoms with E-state index >= 15 is 0 Å². The van der Waals surface area contributed by atoms with Crippen molar-refractivity contribution in [2.24, 2.45) is 0 Å². The third-order valence-electron chi connectivity index (χ3n) is 5.54. The molecule has 0 aliphatic carbocycles. The lowest BCUT2D eigenvalue weighted by molar-refractivity contribution is 0.0767. The summed E-state index contributed by atoms with van der Waals surface area (Å²) in [6, 6.07) is 17.7. The molecule has 1 aromatic heterocycles. The highest BCUT2D eigenvalue weighted by atomic mass is 35.5. The standard InChI is InChI=1S/C25H25ClN4O3/c1-33-22-5-2-4-19(16-22)24(31)28-21-10-11-23(27-17-21)29-12-3-13-30(15-14-29)25(32)18-6-8-20(26)9-7-18/h2,4-11,16-17H,3,12-15H2,1H3,(H,28,31). The fourth-order valence-corrected chi connectivity index (χ4v) is 3.87. The first-order chi connectivity index (χ1) is 16.0. The Kier molecular flexibility index (Phi) is 7.10. The van der Waals surface area contributed by atoms with Crippen molar-refractivity contribution in [3.8, 4) is 5.75 Å². The van der Waals surface area contributed by atoms with Crippen molar-refractivity contribution in [1.82, 2.24) is 9.88 Å². The SMILES string of the molecule is COc1cccc(C(=O)Nc2ccc(N3CCCN(C(=O)c4ccc(Cl)cc4)CC3)nc2)c1. The Balaban J connectivity index is 1.36. The van der Waals surface area contributed by atoms with Crippen molar-refractivity contribution in [3.63, 3.8) is 0 Å². The number of nitrogens with zero attached hydrogens (tertiary/aromatic N) is 3. The third-order valence-corrected chi connectivity index (χ3v) is 5.79. The van der Waals surface area contributed by atoms with E-state index in [1.807, 2.05) is 17.0 Å². The first-order valence-corrected chi connectivity index (χ1v) is 11.1. The van der Waals surface area contributed by atoms with E-state index in [1.165, 1.54) is 0 Å². The molecule has 1 fully saturated rings. The predicted molar refractivity (Wildman–Crippen MR) is 129 cm³/mol. The average Bonchev–Trinajstić information content (AvgIpc) is 3.11. The molecule has 1 aliphatic heterocycles. The molecule has 0 atom stereocenters. The summed E-state index contributed by atoms with van der Waals surface area (Å²) >= 11 is 5.93. The van der Waals surface area contributed by atoms with Crippen LogP contribution in [-0.4, -0.2) is 55.0 Å². The first-order valence-electron chi connectivity index (χ1n) is 10.7. The Bertz CT molecular complexity index is 1120. The summed E-state index contributed by atoms with van der Waals surface area (Å²) in [5.74, 6) is 1.22. The smallest absolute Gasteiger partial charge is 0.255 e. The minimum absolute atomic E-state index is 0.0112. The van der Waals surface area contributed by atoms with Gasteiger partial charge in [0.15, 0.2) is 0 Å². The van der Waals surface area contributed by atoms with Gasteiger partial charge in [0.25, 0.3) is 11.8 Å². The molecule has 2 amide bonds. The number of halogens is 1. The number of rotatable bonds is 5. The maximum Gasteiger partial charge on any atom is 0.255 e. The van der Waals surface area contributed by atoms with Gasteiger partial charge in [0.2, 0.25) is 0 Å². The predicted octanol–water partition coefficient (Wildman–Crippen LogP) is 4.35. The van der Waals surface area contributed by atoms with Crippen LogP contribution in [0.5, 0.6) is 5.75 Å². The van der Waals surface area contributed by atoms with Crippen LogP contribution in [-0.2, 0) is 0 Å². The van der Waals surface area contributed by atoms with Gasteiger partial charge in [-0.1, -0.05) is 17.7 Å². The number of benzene rings is 2. The summed E-state index contributed by atoms with van der Waals surface area (Å²) < 4.78 is 5.17. The summed E-state index contributed by atoms with van der Waals surface area (Å²) in [5.41, 5.74) is 1.76. The largest absolute Gasteiger partial charge is 0.497 e. The van der Waals surface area contributed by atoms with Crippen LogP contribution >= 0.6 is 11.6 Å². The van der Waals surface area contributed by atoms with Crippen molar-refractivity contribution < 1.29 is 14.3 Å². The summed E-state index contributed by atoms with van der Waals surface area (Å²) in [4.78, 5) is 33.9. The van der Waals surface area contributed by atoms with Crippen LogP contribution in [0.4, 0.5) is 11.5 Å². The van der Waals surface area contributed by atoms with Crippen molar-refractivity contribution in [2.75, 3.05) is 43.5 Å². The zero-order chi connectivity index (χ0) is 23.2. The summed E-state index contributed by atoms with van der Waals surface area (Å²) in [6.07, 6.45) is 2.49. The van der Waals surface area contributed by atoms with Crippen LogP contribution < -0.4 is 15.0 Å². The van der Waals surface area contributed by atoms with Gasteiger partial charge in [-0.2, -0.15) is 0 Å². The van der Waals surface area contributed by atoms with E-state index in [1.54, 1.807) is 61.8 Å². The van der Waals surface area contributed by atoms with Crippen molar-refractivity contribution in [1.29, 1.82) is 0 Å². The van der Waals surface area contributed by atoms with Crippen LogP contribution in [0.15, 0.2) is 66.9 Å². The number of nitrogens with one attached hydrogen (secondary N) is 1. The number of hydrogen-bond acceptors (Lipinski definition) is 5. The van der Waals surface area contributed by atoms with Gasteiger partial charge >= 0.3 is 0 Å². The number of pyridine rings is 1. The summed E-state index contributed by atoms with van der Waals surface area (Å²) in [7, 11) is 1.56. The van der Waals surface area contributed by atoms with Crippen molar-refractivity contribution in [2.45, 2.75) is 6.42 Å². The monoisotopic (exact) mass is 464 g/mol. The Hall–Kier alpha value is -3.58. The number of ether oxygens (including phenoxy) is 1. The molecule has 2 heterocycles. The molecule has 4 rings (SSSR count). The quantitative estimate of drug-likeness (QED) is 0.607. The van der Waals surface area contributed by atoms with Gasteiger partial charge < -0.3 is 19.9 Å². The van der Waals surface area contributed by atoms with Crippen LogP contribution in [0.25, 0.3) is 0 Å². The van der Waals surface area contributed by atoms with Gasteiger partial charge in [-0.25, -0.2) is 4.98 Å². The molecular weight excluding hydrogens is 440 g/mol. The van der Waals surface area contributed by atoms with E-state index in [0.717, 1.165) is 18.8 Å². The zero-order valence-electron chi connectivity index (χ0n) is 18.3.